The number of hydrogen-bond acceptors (Lipinski definition) is 8. The molecular formula is C29H28F4N6O3. The summed E-state index contributed by atoms with van der Waals surface area (Å²) in [5, 5.41) is 13.8. The molecule has 2 N–H and O–H groups in total. The number of fused-ring (bicyclic) bond motifs is 1. The molecule has 2 fully saturated rings. The summed E-state index contributed by atoms with van der Waals surface area (Å²) in [5.74, 6) is -1.61. The minimum Gasteiger partial charge on any atom is -0.404 e. The Hall–Kier alpha value is -4.07. The van der Waals surface area contributed by atoms with Crippen LogP contribution in [0.2, 0.25) is 0 Å². The van der Waals surface area contributed by atoms with Crippen LogP contribution < -0.4 is 15.0 Å². The van der Waals surface area contributed by atoms with Crippen LogP contribution in [0, 0.1) is 5.82 Å². The van der Waals surface area contributed by atoms with Gasteiger partial charge in [0.05, 0.1) is 17.7 Å². The van der Waals surface area contributed by atoms with Gasteiger partial charge in [0.15, 0.2) is 12.0 Å². The molecule has 1 unspecified atom stereocenters. The summed E-state index contributed by atoms with van der Waals surface area (Å²) in [7, 11) is 1.99. The predicted octanol–water partition coefficient (Wildman–Crippen LogP) is 4.68. The molecule has 2 aromatic carbocycles. The molecule has 1 aromatic heterocycles. The average Bonchev–Trinajstić information content (AvgIpc) is 3.77. The van der Waals surface area contributed by atoms with Gasteiger partial charge in [-0.25, -0.2) is 9.38 Å². The topological polar surface area (TPSA) is 93.5 Å². The molecule has 3 aliphatic rings. The average molecular weight is 585 g/mol. The molecule has 3 aromatic rings. The van der Waals surface area contributed by atoms with Gasteiger partial charge in [-0.05, 0) is 56.3 Å². The molecule has 2 aliphatic heterocycles. The SMILES string of the molecule is CN1CCN(C2(C(=O)Nc3cc(N4C=Nc5cc(-c6cccnc6)c(F)cc5C4O)ccc3OC(F)(F)F)CC2)CC1. The molecule has 0 spiro atoms. The molecular weight excluding hydrogens is 556 g/mol. The van der Waals surface area contributed by atoms with Gasteiger partial charge in [-0.3, -0.25) is 14.7 Å². The fourth-order valence-corrected chi connectivity index (χ4v) is 5.45. The number of aliphatic hydroxyl groups excluding tert-OH is 1. The van der Waals surface area contributed by atoms with Gasteiger partial charge in [0.2, 0.25) is 5.91 Å². The van der Waals surface area contributed by atoms with Crippen LogP contribution in [-0.4, -0.2) is 77.3 Å². The van der Waals surface area contributed by atoms with Crippen LogP contribution in [0.3, 0.4) is 0 Å². The summed E-state index contributed by atoms with van der Waals surface area (Å²) >= 11 is 0. The number of hydrogen-bond donors (Lipinski definition) is 2. The van der Waals surface area contributed by atoms with Gasteiger partial charge in [0.1, 0.15) is 11.4 Å². The fraction of sp³-hybridized carbons (Fsp3) is 0.345. The Morgan fingerprint density at radius 2 is 1.88 bits per heavy atom. The highest BCUT2D eigenvalue weighted by Crippen LogP contribution is 2.45. The van der Waals surface area contributed by atoms with Gasteiger partial charge in [-0.15, -0.1) is 13.2 Å². The molecule has 220 valence electrons. The Morgan fingerprint density at radius 1 is 1.12 bits per heavy atom. The van der Waals surface area contributed by atoms with Crippen molar-refractivity contribution in [1.82, 2.24) is 14.8 Å². The molecule has 1 saturated heterocycles. The summed E-state index contributed by atoms with van der Waals surface area (Å²) in [6, 6.07) is 9.68. The Kier molecular flexibility index (Phi) is 7.11. The quantitative estimate of drug-likeness (QED) is 0.407. The molecule has 1 saturated carbocycles. The number of piperazine rings is 1. The minimum absolute atomic E-state index is 0.163. The summed E-state index contributed by atoms with van der Waals surface area (Å²) in [6.45, 7) is 2.91. The lowest BCUT2D eigenvalue weighted by atomic mass is 10.0. The maximum atomic E-state index is 15.1. The monoisotopic (exact) mass is 584 g/mol. The molecule has 1 amide bonds. The first-order valence-corrected chi connectivity index (χ1v) is 13.4. The van der Waals surface area contributed by atoms with Crippen molar-refractivity contribution < 1.29 is 32.2 Å². The molecule has 9 nitrogen and oxygen atoms in total. The third-order valence-corrected chi connectivity index (χ3v) is 7.94. The third kappa shape index (κ3) is 5.42. The number of nitrogens with one attached hydrogen (secondary N) is 1. The van der Waals surface area contributed by atoms with Gasteiger partial charge < -0.3 is 25.0 Å². The zero-order valence-electron chi connectivity index (χ0n) is 22.6. The smallest absolute Gasteiger partial charge is 0.404 e. The molecule has 1 atom stereocenters. The number of pyridine rings is 1. The van der Waals surface area contributed by atoms with Gasteiger partial charge in [-0.1, -0.05) is 6.07 Å². The number of halogens is 4. The number of likely N-dealkylation sites (N-methyl/N-ethyl adjacent to an activating group) is 1. The largest absolute Gasteiger partial charge is 0.573 e. The normalized spacial score (nSPS) is 20.2. The minimum atomic E-state index is -5.00. The zero-order valence-corrected chi connectivity index (χ0v) is 22.6. The first-order chi connectivity index (χ1) is 20.0. The van der Waals surface area contributed by atoms with Crippen molar-refractivity contribution >= 4 is 29.3 Å². The highest BCUT2D eigenvalue weighted by Gasteiger charge is 2.55. The van der Waals surface area contributed by atoms with Crippen molar-refractivity contribution in [2.45, 2.75) is 31.0 Å². The summed E-state index contributed by atoms with van der Waals surface area (Å²) in [5.41, 5.74) is 0.496. The van der Waals surface area contributed by atoms with E-state index in [4.69, 9.17) is 0 Å². The second-order valence-electron chi connectivity index (χ2n) is 10.7. The summed E-state index contributed by atoms with van der Waals surface area (Å²) in [6.07, 6.45) is -0.835. The van der Waals surface area contributed by atoms with Crippen LogP contribution in [0.1, 0.15) is 24.6 Å². The number of alkyl halides is 3. The Labute approximate surface area is 239 Å². The molecule has 42 heavy (non-hydrogen) atoms. The number of carbonyl (C=O) groups is 1. The van der Waals surface area contributed by atoms with Crippen LogP contribution in [0.5, 0.6) is 5.75 Å². The van der Waals surface area contributed by atoms with Crippen molar-refractivity contribution in [3.8, 4) is 16.9 Å². The number of anilines is 2. The van der Waals surface area contributed by atoms with Crippen LogP contribution in [0.25, 0.3) is 11.1 Å². The van der Waals surface area contributed by atoms with E-state index in [1.807, 2.05) is 7.05 Å². The standard InChI is InChI=1S/C29H28F4N6O3/c1-37-9-11-38(12-10-37)28(6-7-28)27(41)36-24-13-19(4-5-25(24)42-29(31,32)33)39-17-35-23-15-20(18-3-2-8-34-16-18)22(30)14-21(23)26(39)40/h2-5,8,13-17,26,40H,6-7,9-12H2,1H3,(H,36,41). The number of aromatic nitrogens is 1. The van der Waals surface area contributed by atoms with Gasteiger partial charge in [-0.2, -0.15) is 0 Å². The molecule has 3 heterocycles. The van der Waals surface area contributed by atoms with E-state index in [0.29, 0.717) is 37.2 Å². The lowest BCUT2D eigenvalue weighted by molar-refractivity contribution is -0.274. The lowest BCUT2D eigenvalue weighted by Gasteiger charge is -2.37. The maximum absolute atomic E-state index is 15.1. The number of aliphatic imine (C=N–C) groups is 1. The first kappa shape index (κ1) is 28.1. The Balaban J connectivity index is 1.29. The number of nitrogens with zero attached hydrogens (tertiary/aromatic N) is 5. The second-order valence-corrected chi connectivity index (χ2v) is 10.7. The van der Waals surface area contributed by atoms with E-state index in [1.54, 1.807) is 18.3 Å². The predicted molar refractivity (Wildman–Crippen MR) is 148 cm³/mol. The van der Waals surface area contributed by atoms with Crippen molar-refractivity contribution in [3.63, 3.8) is 0 Å². The van der Waals surface area contributed by atoms with Gasteiger partial charge in [0.25, 0.3) is 0 Å². The lowest BCUT2D eigenvalue weighted by Crippen LogP contribution is -2.54. The summed E-state index contributed by atoms with van der Waals surface area (Å²) in [4.78, 5) is 27.3. The highest BCUT2D eigenvalue weighted by atomic mass is 19.4. The van der Waals surface area contributed by atoms with Crippen LogP contribution in [0.4, 0.5) is 34.6 Å². The van der Waals surface area contributed by atoms with Gasteiger partial charge >= 0.3 is 6.36 Å². The van der Waals surface area contributed by atoms with Gasteiger partial charge in [0, 0.05) is 61.0 Å². The Bertz CT molecular complexity index is 1520. The fourth-order valence-electron chi connectivity index (χ4n) is 5.45. The number of carbonyl (C=O) groups excluding carboxylic acids is 1. The van der Waals surface area contributed by atoms with Crippen LogP contribution in [0.15, 0.2) is 59.9 Å². The van der Waals surface area contributed by atoms with Crippen molar-refractivity contribution in [3.05, 3.63) is 66.2 Å². The zero-order chi connectivity index (χ0) is 29.6. The molecule has 1 aliphatic carbocycles. The highest BCUT2D eigenvalue weighted by molar-refractivity contribution is 6.02. The van der Waals surface area contributed by atoms with E-state index >= 15 is 4.39 Å². The van der Waals surface area contributed by atoms with Crippen molar-refractivity contribution in [1.29, 1.82) is 0 Å². The van der Waals surface area contributed by atoms with E-state index in [1.165, 1.54) is 41.7 Å². The maximum Gasteiger partial charge on any atom is 0.573 e. The first-order valence-electron chi connectivity index (χ1n) is 13.4. The molecule has 0 bridgehead atoms. The number of benzene rings is 2. The van der Waals surface area contributed by atoms with Crippen molar-refractivity contribution in [2.24, 2.45) is 4.99 Å². The molecule has 6 rings (SSSR count). The molecule has 0 radical (unpaired) electrons. The summed E-state index contributed by atoms with van der Waals surface area (Å²) < 4.78 is 59.1. The third-order valence-electron chi connectivity index (χ3n) is 7.94. The number of rotatable bonds is 6. The number of aliphatic hydroxyl groups is 1. The van der Waals surface area contributed by atoms with E-state index in [9.17, 15) is 23.1 Å². The number of ether oxygens (including phenoxy) is 1. The Morgan fingerprint density at radius 3 is 2.55 bits per heavy atom. The van der Waals surface area contributed by atoms with E-state index in [0.717, 1.165) is 19.2 Å². The van der Waals surface area contributed by atoms with E-state index in [2.05, 4.69) is 29.8 Å². The van der Waals surface area contributed by atoms with Crippen LogP contribution in [-0.2, 0) is 4.79 Å². The van der Waals surface area contributed by atoms with Crippen molar-refractivity contribution in [2.75, 3.05) is 43.4 Å². The van der Waals surface area contributed by atoms with E-state index < -0.39 is 35.6 Å². The van der Waals surface area contributed by atoms with E-state index in [-0.39, 0.29) is 22.5 Å². The van der Waals surface area contributed by atoms with Crippen LogP contribution >= 0.6 is 0 Å². The second kappa shape index (κ2) is 10.6. The molecule has 13 heteroatoms. The number of amides is 1.